The number of hydrogen-bond acceptors (Lipinski definition) is 4. The van der Waals surface area contributed by atoms with Crippen LogP contribution in [0.5, 0.6) is 11.5 Å². The molecule has 0 aliphatic heterocycles. The number of methoxy groups -OCH3 is 2. The summed E-state index contributed by atoms with van der Waals surface area (Å²) in [6, 6.07) is 10.8. The first kappa shape index (κ1) is 19.2. The summed E-state index contributed by atoms with van der Waals surface area (Å²) in [6.07, 6.45) is 2.11. The first-order valence-corrected chi connectivity index (χ1v) is 9.40. The molecule has 2 aromatic carbocycles. The lowest BCUT2D eigenvalue weighted by atomic mass is 10.1. The van der Waals surface area contributed by atoms with Crippen molar-refractivity contribution in [1.82, 2.24) is 10.6 Å². The van der Waals surface area contributed by atoms with E-state index in [2.05, 4.69) is 26.6 Å². The van der Waals surface area contributed by atoms with Crippen LogP contribution < -0.4 is 20.1 Å². The van der Waals surface area contributed by atoms with Crippen LogP contribution in [0.25, 0.3) is 0 Å². The van der Waals surface area contributed by atoms with Gasteiger partial charge in [0, 0.05) is 23.7 Å². The Morgan fingerprint density at radius 2 is 1.59 bits per heavy atom. The Labute approximate surface area is 166 Å². The molecule has 0 bridgehead atoms. The van der Waals surface area contributed by atoms with Crippen LogP contribution in [-0.2, 0) is 6.54 Å². The molecule has 0 atom stereocenters. The van der Waals surface area contributed by atoms with Crippen molar-refractivity contribution in [2.75, 3.05) is 14.2 Å². The number of hydrogen-bond donors (Lipinski definition) is 2. The largest absolute Gasteiger partial charge is 0.495 e. The normalized spacial score (nSPS) is 13.0. The van der Waals surface area contributed by atoms with Crippen molar-refractivity contribution in [2.24, 2.45) is 0 Å². The molecule has 0 heterocycles. The minimum absolute atomic E-state index is 0.0536. The van der Waals surface area contributed by atoms with Gasteiger partial charge >= 0.3 is 0 Å². The fourth-order valence-corrected chi connectivity index (χ4v) is 3.11. The van der Waals surface area contributed by atoms with E-state index >= 15 is 0 Å². The summed E-state index contributed by atoms with van der Waals surface area (Å²) in [6.45, 7) is 0.351. The Kier molecular flexibility index (Phi) is 6.01. The Morgan fingerprint density at radius 1 is 1.00 bits per heavy atom. The highest BCUT2D eigenvalue weighted by Crippen LogP contribution is 2.35. The number of rotatable bonds is 7. The van der Waals surface area contributed by atoms with Gasteiger partial charge in [-0.3, -0.25) is 9.59 Å². The Bertz CT molecular complexity index is 823. The molecule has 0 saturated heterocycles. The average molecular weight is 433 g/mol. The number of halogens is 1. The standard InChI is InChI=1S/C20H21BrN2O4/c1-26-16-9-14(10-17(27-2)18(16)21)19(24)22-11-12-3-5-13(6-4-12)20(25)23-15-7-8-15/h3-6,9-10,15H,7-8,11H2,1-2H3,(H,22,24)(H,23,25). The summed E-state index contributed by atoms with van der Waals surface area (Å²) in [7, 11) is 3.06. The van der Waals surface area contributed by atoms with Crippen molar-refractivity contribution in [1.29, 1.82) is 0 Å². The molecule has 27 heavy (non-hydrogen) atoms. The van der Waals surface area contributed by atoms with E-state index < -0.39 is 0 Å². The molecule has 1 fully saturated rings. The van der Waals surface area contributed by atoms with Gasteiger partial charge in [-0.1, -0.05) is 12.1 Å². The second kappa shape index (κ2) is 8.43. The summed E-state index contributed by atoms with van der Waals surface area (Å²) < 4.78 is 11.2. The van der Waals surface area contributed by atoms with Gasteiger partial charge < -0.3 is 20.1 Å². The van der Waals surface area contributed by atoms with Crippen LogP contribution in [0, 0.1) is 0 Å². The van der Waals surface area contributed by atoms with Crippen molar-refractivity contribution >= 4 is 27.7 Å². The molecule has 2 N–H and O–H groups in total. The van der Waals surface area contributed by atoms with Crippen LogP contribution in [0.3, 0.4) is 0 Å². The van der Waals surface area contributed by atoms with Gasteiger partial charge in [-0.2, -0.15) is 0 Å². The van der Waals surface area contributed by atoms with Crippen molar-refractivity contribution in [2.45, 2.75) is 25.4 Å². The maximum atomic E-state index is 12.5. The summed E-state index contributed by atoms with van der Waals surface area (Å²) in [4.78, 5) is 24.5. The number of ether oxygens (including phenoxy) is 2. The average Bonchev–Trinajstić information content (AvgIpc) is 3.50. The van der Waals surface area contributed by atoms with Crippen LogP contribution in [0.4, 0.5) is 0 Å². The zero-order valence-electron chi connectivity index (χ0n) is 15.2. The highest BCUT2D eigenvalue weighted by molar-refractivity contribution is 9.10. The van der Waals surface area contributed by atoms with Gasteiger partial charge in [0.1, 0.15) is 16.0 Å². The number of amides is 2. The Balaban J connectivity index is 1.62. The summed E-state index contributed by atoms with van der Waals surface area (Å²) in [5.41, 5.74) is 1.97. The lowest BCUT2D eigenvalue weighted by Gasteiger charge is -2.12. The van der Waals surface area contributed by atoms with Gasteiger partial charge in [-0.05, 0) is 58.6 Å². The third-order valence-corrected chi connectivity index (χ3v) is 5.07. The molecule has 1 aliphatic rings. The second-order valence-electron chi connectivity index (χ2n) is 6.32. The van der Waals surface area contributed by atoms with Crippen molar-refractivity contribution in [3.8, 4) is 11.5 Å². The first-order valence-electron chi connectivity index (χ1n) is 8.61. The molecule has 6 nitrogen and oxygen atoms in total. The smallest absolute Gasteiger partial charge is 0.251 e. The molecular formula is C20H21BrN2O4. The summed E-state index contributed by atoms with van der Waals surface area (Å²) in [5, 5.41) is 5.81. The fraction of sp³-hybridized carbons (Fsp3) is 0.300. The number of carbonyl (C=O) groups excluding carboxylic acids is 2. The number of benzene rings is 2. The van der Waals surface area contributed by atoms with Crippen LogP contribution in [0.2, 0.25) is 0 Å². The van der Waals surface area contributed by atoms with Crippen LogP contribution in [0.1, 0.15) is 39.1 Å². The van der Waals surface area contributed by atoms with E-state index in [1.807, 2.05) is 12.1 Å². The van der Waals surface area contributed by atoms with E-state index in [0.29, 0.717) is 39.7 Å². The quantitative estimate of drug-likeness (QED) is 0.703. The molecule has 1 saturated carbocycles. The van der Waals surface area contributed by atoms with Gasteiger partial charge in [-0.15, -0.1) is 0 Å². The molecule has 0 aromatic heterocycles. The van der Waals surface area contributed by atoms with Crippen LogP contribution in [0.15, 0.2) is 40.9 Å². The molecule has 0 spiro atoms. The highest BCUT2D eigenvalue weighted by Gasteiger charge is 2.23. The molecule has 0 unspecified atom stereocenters. The SMILES string of the molecule is COc1cc(C(=O)NCc2ccc(C(=O)NC3CC3)cc2)cc(OC)c1Br. The molecular weight excluding hydrogens is 412 g/mol. The van der Waals surface area contributed by atoms with Crippen molar-refractivity contribution in [3.63, 3.8) is 0 Å². The van der Waals surface area contributed by atoms with Gasteiger partial charge in [0.15, 0.2) is 0 Å². The maximum Gasteiger partial charge on any atom is 0.251 e. The predicted molar refractivity (Wildman–Crippen MR) is 105 cm³/mol. The van der Waals surface area contributed by atoms with E-state index in [4.69, 9.17) is 9.47 Å². The zero-order valence-corrected chi connectivity index (χ0v) is 16.8. The summed E-state index contributed by atoms with van der Waals surface area (Å²) >= 11 is 3.38. The van der Waals surface area contributed by atoms with Gasteiger partial charge in [0.2, 0.25) is 0 Å². The van der Waals surface area contributed by atoms with E-state index in [1.165, 1.54) is 14.2 Å². The first-order chi connectivity index (χ1) is 13.0. The number of carbonyl (C=O) groups is 2. The van der Waals surface area contributed by atoms with Crippen LogP contribution in [-0.4, -0.2) is 32.1 Å². The molecule has 1 aliphatic carbocycles. The van der Waals surface area contributed by atoms with Crippen molar-refractivity contribution < 1.29 is 19.1 Å². The molecule has 7 heteroatoms. The predicted octanol–water partition coefficient (Wildman–Crippen LogP) is 3.29. The molecule has 2 amide bonds. The Hall–Kier alpha value is -2.54. The highest BCUT2D eigenvalue weighted by atomic mass is 79.9. The van der Waals surface area contributed by atoms with E-state index in [1.54, 1.807) is 24.3 Å². The molecule has 142 valence electrons. The topological polar surface area (TPSA) is 76.7 Å². The third-order valence-electron chi connectivity index (χ3n) is 4.29. The Morgan fingerprint density at radius 3 is 2.11 bits per heavy atom. The fourth-order valence-electron chi connectivity index (χ4n) is 2.56. The van der Waals surface area contributed by atoms with Gasteiger partial charge in [-0.25, -0.2) is 0 Å². The monoisotopic (exact) mass is 432 g/mol. The maximum absolute atomic E-state index is 12.5. The summed E-state index contributed by atoms with van der Waals surface area (Å²) in [5.74, 6) is 0.743. The molecule has 2 aromatic rings. The lowest BCUT2D eigenvalue weighted by molar-refractivity contribution is 0.0941. The van der Waals surface area contributed by atoms with Crippen LogP contribution >= 0.6 is 15.9 Å². The van der Waals surface area contributed by atoms with Crippen molar-refractivity contribution in [3.05, 3.63) is 57.6 Å². The number of nitrogens with one attached hydrogen (secondary N) is 2. The molecule has 3 rings (SSSR count). The second-order valence-corrected chi connectivity index (χ2v) is 7.12. The van der Waals surface area contributed by atoms with E-state index in [-0.39, 0.29) is 11.8 Å². The minimum atomic E-state index is -0.241. The minimum Gasteiger partial charge on any atom is -0.495 e. The van der Waals surface area contributed by atoms with Gasteiger partial charge in [0.25, 0.3) is 11.8 Å². The van der Waals surface area contributed by atoms with E-state index in [0.717, 1.165) is 18.4 Å². The molecule has 0 radical (unpaired) electrons. The van der Waals surface area contributed by atoms with Gasteiger partial charge in [0.05, 0.1) is 14.2 Å². The van der Waals surface area contributed by atoms with E-state index in [9.17, 15) is 9.59 Å². The lowest BCUT2D eigenvalue weighted by Crippen LogP contribution is -2.25. The third kappa shape index (κ3) is 4.80. The zero-order chi connectivity index (χ0) is 19.4.